The molecule has 27 heavy (non-hydrogen) atoms. The average molecular weight is 398 g/mol. The number of esters is 1. The lowest BCUT2D eigenvalue weighted by Gasteiger charge is -2.16. The molecule has 1 rings (SSSR count). The predicted octanol–water partition coefficient (Wildman–Crippen LogP) is 2.99. The minimum Gasteiger partial charge on any atom is -0.478 e. The van der Waals surface area contributed by atoms with Crippen molar-refractivity contribution in [2.75, 3.05) is 13.2 Å². The van der Waals surface area contributed by atoms with Crippen LogP contribution in [0, 0.1) is 17.0 Å². The van der Waals surface area contributed by atoms with Crippen LogP contribution < -0.4 is 0 Å². The third-order valence-electron chi connectivity index (χ3n) is 3.79. The first-order valence-electron chi connectivity index (χ1n) is 8.52. The maximum Gasteiger partial charge on any atom is 0.409 e. The molecule has 0 saturated heterocycles. The van der Waals surface area contributed by atoms with Crippen molar-refractivity contribution in [1.29, 1.82) is 0 Å². The summed E-state index contributed by atoms with van der Waals surface area (Å²) >= 11 is 0. The lowest BCUT2D eigenvalue weighted by molar-refractivity contribution is -0.419. The lowest BCUT2D eigenvalue weighted by Crippen LogP contribution is -2.22. The van der Waals surface area contributed by atoms with Crippen molar-refractivity contribution in [3.05, 3.63) is 38.8 Å². The number of nitro groups is 1. The summed E-state index contributed by atoms with van der Waals surface area (Å²) in [7, 11) is -1.25. The first kappa shape index (κ1) is 22.6. The molecule has 1 aromatic heterocycles. The van der Waals surface area contributed by atoms with Crippen molar-refractivity contribution >= 4 is 26.1 Å². The highest BCUT2D eigenvalue weighted by Crippen LogP contribution is 2.21. The van der Waals surface area contributed by atoms with Gasteiger partial charge < -0.3 is 19.1 Å². The molecular formula is C17H26N2O7Si. The molecule has 0 fully saturated rings. The number of aromatic carboxylic acids is 1. The van der Waals surface area contributed by atoms with Gasteiger partial charge in [-0.3, -0.25) is 10.1 Å². The Balaban J connectivity index is 3.16. The second-order valence-corrected chi connectivity index (χ2v) is 12.8. The Morgan fingerprint density at radius 3 is 2.48 bits per heavy atom. The smallest absolute Gasteiger partial charge is 0.409 e. The molecule has 0 aliphatic carbocycles. The Hall–Kier alpha value is -2.46. The van der Waals surface area contributed by atoms with E-state index in [-0.39, 0.29) is 24.5 Å². The fourth-order valence-electron chi connectivity index (χ4n) is 2.28. The zero-order valence-electron chi connectivity index (χ0n) is 16.3. The Morgan fingerprint density at radius 1 is 1.37 bits per heavy atom. The van der Waals surface area contributed by atoms with E-state index in [9.17, 15) is 24.8 Å². The topological polar surface area (TPSA) is 121 Å². The quantitative estimate of drug-likeness (QED) is 0.161. The molecule has 0 aliphatic rings. The molecule has 1 aromatic rings. The first-order valence-corrected chi connectivity index (χ1v) is 12.2. The van der Waals surface area contributed by atoms with Crippen LogP contribution in [0.5, 0.6) is 0 Å². The Morgan fingerprint density at radius 2 is 2.00 bits per heavy atom. The SMILES string of the molecule is CCOC(=O)C(=Cc1cn(COCC[Si](C)(C)C)c(C)c1C(=O)O)[N+](=O)[O-]. The fourth-order valence-corrected chi connectivity index (χ4v) is 3.04. The monoisotopic (exact) mass is 398 g/mol. The summed E-state index contributed by atoms with van der Waals surface area (Å²) in [6.07, 6.45) is 2.35. The van der Waals surface area contributed by atoms with Crippen molar-refractivity contribution in [2.24, 2.45) is 0 Å². The van der Waals surface area contributed by atoms with Gasteiger partial charge in [0.05, 0.1) is 17.1 Å². The van der Waals surface area contributed by atoms with Crippen LogP contribution in [0.4, 0.5) is 0 Å². The summed E-state index contributed by atoms with van der Waals surface area (Å²) in [5.74, 6) is -2.36. The van der Waals surface area contributed by atoms with Gasteiger partial charge in [0.1, 0.15) is 6.73 Å². The van der Waals surface area contributed by atoms with Gasteiger partial charge in [-0.05, 0) is 19.9 Å². The van der Waals surface area contributed by atoms with E-state index < -0.39 is 30.6 Å². The summed E-state index contributed by atoms with van der Waals surface area (Å²) in [6.45, 7) is 10.4. The van der Waals surface area contributed by atoms with Crippen LogP contribution in [0.1, 0.15) is 28.5 Å². The predicted molar refractivity (Wildman–Crippen MR) is 102 cm³/mol. The molecule has 0 aromatic carbocycles. The lowest BCUT2D eigenvalue weighted by atomic mass is 10.1. The van der Waals surface area contributed by atoms with Crippen molar-refractivity contribution < 1.29 is 29.1 Å². The maximum absolute atomic E-state index is 11.8. The van der Waals surface area contributed by atoms with Crippen molar-refractivity contribution in [1.82, 2.24) is 4.57 Å². The summed E-state index contributed by atoms with van der Waals surface area (Å²) in [5.41, 5.74) is -0.509. The van der Waals surface area contributed by atoms with Gasteiger partial charge in [0, 0.05) is 38.2 Å². The van der Waals surface area contributed by atoms with E-state index in [0.29, 0.717) is 12.3 Å². The second kappa shape index (κ2) is 9.47. The van der Waals surface area contributed by atoms with Crippen molar-refractivity contribution in [3.8, 4) is 0 Å². The summed E-state index contributed by atoms with van der Waals surface area (Å²) in [4.78, 5) is 33.6. The highest BCUT2D eigenvalue weighted by molar-refractivity contribution is 6.76. The van der Waals surface area contributed by atoms with E-state index in [0.717, 1.165) is 12.1 Å². The average Bonchev–Trinajstić information content (AvgIpc) is 2.84. The van der Waals surface area contributed by atoms with Crippen LogP contribution in [-0.2, 0) is 21.0 Å². The van der Waals surface area contributed by atoms with E-state index in [1.807, 2.05) is 0 Å². The van der Waals surface area contributed by atoms with E-state index >= 15 is 0 Å². The van der Waals surface area contributed by atoms with Crippen LogP contribution in [-0.4, -0.2) is 47.8 Å². The van der Waals surface area contributed by atoms with Gasteiger partial charge in [-0.1, -0.05) is 19.6 Å². The van der Waals surface area contributed by atoms with E-state index in [1.54, 1.807) is 11.5 Å². The van der Waals surface area contributed by atoms with Gasteiger partial charge in [0.15, 0.2) is 0 Å². The number of carbonyl (C=O) groups excluding carboxylic acids is 1. The number of hydrogen-bond donors (Lipinski definition) is 1. The molecule has 0 bridgehead atoms. The van der Waals surface area contributed by atoms with Crippen molar-refractivity contribution in [3.63, 3.8) is 0 Å². The van der Waals surface area contributed by atoms with Crippen molar-refractivity contribution in [2.45, 2.75) is 46.3 Å². The third kappa shape index (κ3) is 6.64. The molecule has 150 valence electrons. The van der Waals surface area contributed by atoms with E-state index in [1.165, 1.54) is 13.1 Å². The van der Waals surface area contributed by atoms with Gasteiger partial charge in [0.2, 0.25) is 0 Å². The molecule has 9 nitrogen and oxygen atoms in total. The molecular weight excluding hydrogens is 372 g/mol. The van der Waals surface area contributed by atoms with Crippen LogP contribution in [0.3, 0.4) is 0 Å². The second-order valence-electron chi connectivity index (χ2n) is 7.17. The highest BCUT2D eigenvalue weighted by Gasteiger charge is 2.26. The normalized spacial score (nSPS) is 12.1. The molecule has 1 heterocycles. The minimum absolute atomic E-state index is 0.0270. The Kier molecular flexibility index (Phi) is 7.92. The van der Waals surface area contributed by atoms with Crippen LogP contribution in [0.15, 0.2) is 11.9 Å². The van der Waals surface area contributed by atoms with Gasteiger partial charge in [0.25, 0.3) is 0 Å². The number of hydrogen-bond acceptors (Lipinski definition) is 6. The molecule has 0 radical (unpaired) electrons. The number of carboxylic acids is 1. The Bertz CT molecular complexity index is 747. The first-order chi connectivity index (χ1) is 12.5. The molecule has 0 aliphatic heterocycles. The van der Waals surface area contributed by atoms with E-state index in [4.69, 9.17) is 4.74 Å². The largest absolute Gasteiger partial charge is 0.478 e. The molecule has 0 unspecified atom stereocenters. The van der Waals surface area contributed by atoms with Crippen LogP contribution >= 0.6 is 0 Å². The standard InChI is InChI=1S/C17H26N2O7Si/c1-6-26-17(22)14(19(23)24)9-13-10-18(12(2)15(13)16(20)21)11-25-7-8-27(3,4)5/h9-10H,6-8,11H2,1-5H3,(H,20,21). The Labute approximate surface area is 158 Å². The third-order valence-corrected chi connectivity index (χ3v) is 5.49. The van der Waals surface area contributed by atoms with Gasteiger partial charge in [-0.25, -0.2) is 9.59 Å². The zero-order valence-corrected chi connectivity index (χ0v) is 17.3. The number of aromatic nitrogens is 1. The van der Waals surface area contributed by atoms with Gasteiger partial charge in [-0.15, -0.1) is 0 Å². The number of nitrogens with zero attached hydrogens (tertiary/aromatic N) is 2. The van der Waals surface area contributed by atoms with E-state index in [2.05, 4.69) is 24.4 Å². The molecule has 0 saturated carbocycles. The van der Waals surface area contributed by atoms with Crippen LogP contribution in [0.2, 0.25) is 25.7 Å². The fraction of sp³-hybridized carbons (Fsp3) is 0.529. The number of carbonyl (C=O) groups is 2. The molecule has 1 N–H and O–H groups in total. The van der Waals surface area contributed by atoms with Gasteiger partial charge >= 0.3 is 17.6 Å². The molecule has 0 spiro atoms. The minimum atomic E-state index is -1.25. The van der Waals surface area contributed by atoms with Crippen LogP contribution in [0.25, 0.3) is 6.08 Å². The summed E-state index contributed by atoms with van der Waals surface area (Å²) < 4.78 is 11.8. The summed E-state index contributed by atoms with van der Waals surface area (Å²) in [5, 5.41) is 20.6. The maximum atomic E-state index is 11.8. The zero-order chi connectivity index (χ0) is 20.8. The number of carboxylic acid groups (broad SMARTS) is 1. The molecule has 10 heteroatoms. The summed E-state index contributed by atoms with van der Waals surface area (Å²) in [6, 6.07) is 0.959. The highest BCUT2D eigenvalue weighted by atomic mass is 28.3. The molecule has 0 amide bonds. The number of rotatable bonds is 10. The number of ether oxygens (including phenoxy) is 2. The molecule has 0 atom stereocenters. The van der Waals surface area contributed by atoms with Gasteiger partial charge in [-0.2, -0.15) is 0 Å².